The predicted octanol–water partition coefficient (Wildman–Crippen LogP) is 5.20. The number of carbonyl (C=O) groups excluding carboxylic acids is 1. The van der Waals surface area contributed by atoms with Crippen LogP contribution in [0.15, 0.2) is 48.7 Å². The summed E-state index contributed by atoms with van der Waals surface area (Å²) in [5.41, 5.74) is 0.691. The molecular formula is C17H11Cl2N3O3S. The summed E-state index contributed by atoms with van der Waals surface area (Å²) in [5, 5.41) is 14.9. The number of hydrogen-bond acceptors (Lipinski definition) is 5. The summed E-state index contributed by atoms with van der Waals surface area (Å²) in [6, 6.07) is 11.1. The van der Waals surface area contributed by atoms with Crippen LogP contribution >= 0.6 is 34.5 Å². The fourth-order valence-electron chi connectivity index (χ4n) is 2.29. The molecule has 0 aliphatic carbocycles. The molecule has 0 unspecified atom stereocenters. The van der Waals surface area contributed by atoms with Gasteiger partial charge in [-0.1, -0.05) is 41.4 Å². The first-order valence-electron chi connectivity index (χ1n) is 7.37. The van der Waals surface area contributed by atoms with E-state index in [-0.39, 0.29) is 11.3 Å². The molecule has 0 atom stereocenters. The number of thiazole rings is 1. The van der Waals surface area contributed by atoms with Gasteiger partial charge >= 0.3 is 0 Å². The molecule has 6 nitrogen and oxygen atoms in total. The molecule has 132 valence electrons. The third kappa shape index (κ3) is 4.19. The molecular weight excluding hydrogens is 397 g/mol. The Morgan fingerprint density at radius 3 is 2.69 bits per heavy atom. The summed E-state index contributed by atoms with van der Waals surface area (Å²) < 4.78 is 0. The fourth-order valence-corrected chi connectivity index (χ4v) is 3.45. The van der Waals surface area contributed by atoms with Crippen molar-refractivity contribution in [2.45, 2.75) is 6.42 Å². The number of para-hydroxylation sites is 1. The van der Waals surface area contributed by atoms with Crippen molar-refractivity contribution in [3.63, 3.8) is 0 Å². The number of halogens is 2. The third-order valence-electron chi connectivity index (χ3n) is 3.48. The molecule has 2 aromatic carbocycles. The Kier molecular flexibility index (Phi) is 5.51. The van der Waals surface area contributed by atoms with Gasteiger partial charge in [0.25, 0.3) is 11.6 Å². The van der Waals surface area contributed by atoms with Crippen molar-refractivity contribution in [1.29, 1.82) is 0 Å². The SMILES string of the molecule is O=C(Nc1ncc(Cc2ccc(Cl)c(Cl)c2)s1)c1ccccc1[N+](=O)[O-]. The van der Waals surface area contributed by atoms with E-state index in [4.69, 9.17) is 23.2 Å². The molecule has 1 N–H and O–H groups in total. The van der Waals surface area contributed by atoms with Gasteiger partial charge in [0.05, 0.1) is 15.0 Å². The summed E-state index contributed by atoms with van der Waals surface area (Å²) in [5.74, 6) is -0.576. The minimum atomic E-state index is -0.591. The van der Waals surface area contributed by atoms with Gasteiger partial charge in [0.1, 0.15) is 5.56 Å². The first-order chi connectivity index (χ1) is 12.4. The molecule has 26 heavy (non-hydrogen) atoms. The summed E-state index contributed by atoms with van der Waals surface area (Å²) >= 11 is 13.2. The maximum absolute atomic E-state index is 12.3. The van der Waals surface area contributed by atoms with Crippen LogP contribution in [0.1, 0.15) is 20.8 Å². The maximum Gasteiger partial charge on any atom is 0.282 e. The zero-order chi connectivity index (χ0) is 18.7. The molecule has 0 saturated carbocycles. The summed E-state index contributed by atoms with van der Waals surface area (Å²) in [6.45, 7) is 0. The molecule has 0 aliphatic heterocycles. The second kappa shape index (κ2) is 7.82. The minimum absolute atomic E-state index is 0.0151. The average Bonchev–Trinajstić information content (AvgIpc) is 3.05. The highest BCUT2D eigenvalue weighted by Crippen LogP contribution is 2.27. The number of aromatic nitrogens is 1. The Morgan fingerprint density at radius 1 is 1.19 bits per heavy atom. The number of amides is 1. The lowest BCUT2D eigenvalue weighted by Gasteiger charge is -2.03. The van der Waals surface area contributed by atoms with Gasteiger partial charge in [-0.3, -0.25) is 20.2 Å². The molecule has 9 heteroatoms. The van der Waals surface area contributed by atoms with Crippen LogP contribution in [0, 0.1) is 10.1 Å². The summed E-state index contributed by atoms with van der Waals surface area (Å²) in [6.07, 6.45) is 2.22. The molecule has 0 aliphatic rings. The van der Waals surface area contributed by atoms with Gasteiger partial charge in [-0.2, -0.15) is 0 Å². The van der Waals surface area contributed by atoms with Crippen LogP contribution in [0.25, 0.3) is 0 Å². The van der Waals surface area contributed by atoms with E-state index in [9.17, 15) is 14.9 Å². The highest BCUT2D eigenvalue weighted by atomic mass is 35.5. The topological polar surface area (TPSA) is 85.1 Å². The van der Waals surface area contributed by atoms with E-state index in [1.807, 2.05) is 6.07 Å². The van der Waals surface area contributed by atoms with Crippen LogP contribution in [0.2, 0.25) is 10.0 Å². The Labute approximate surface area is 162 Å². The van der Waals surface area contributed by atoms with Crippen LogP contribution < -0.4 is 5.32 Å². The highest BCUT2D eigenvalue weighted by Gasteiger charge is 2.20. The number of hydrogen-bond donors (Lipinski definition) is 1. The van der Waals surface area contributed by atoms with Crippen molar-refractivity contribution in [1.82, 2.24) is 4.98 Å². The number of nitrogens with one attached hydrogen (secondary N) is 1. The highest BCUT2D eigenvalue weighted by molar-refractivity contribution is 7.15. The Bertz CT molecular complexity index is 991. The first kappa shape index (κ1) is 18.3. The van der Waals surface area contributed by atoms with E-state index in [1.54, 1.807) is 24.4 Å². The van der Waals surface area contributed by atoms with Gasteiger partial charge in [0.15, 0.2) is 5.13 Å². The number of benzene rings is 2. The van der Waals surface area contributed by atoms with Crippen LogP contribution in [0.5, 0.6) is 0 Å². The quantitative estimate of drug-likeness (QED) is 0.464. The largest absolute Gasteiger partial charge is 0.298 e. The first-order valence-corrected chi connectivity index (χ1v) is 8.94. The van der Waals surface area contributed by atoms with Gasteiger partial charge < -0.3 is 0 Å². The monoisotopic (exact) mass is 407 g/mol. The zero-order valence-corrected chi connectivity index (χ0v) is 15.4. The van der Waals surface area contributed by atoms with Crippen LogP contribution in [-0.2, 0) is 6.42 Å². The van der Waals surface area contributed by atoms with E-state index >= 15 is 0 Å². The van der Waals surface area contributed by atoms with Gasteiger partial charge in [-0.15, -0.1) is 11.3 Å². The molecule has 0 spiro atoms. The van der Waals surface area contributed by atoms with Crippen molar-refractivity contribution in [3.05, 3.63) is 84.8 Å². The Hall–Kier alpha value is -2.48. The van der Waals surface area contributed by atoms with E-state index in [0.717, 1.165) is 10.4 Å². The van der Waals surface area contributed by atoms with Crippen LogP contribution in [0.3, 0.4) is 0 Å². The number of anilines is 1. The third-order valence-corrected chi connectivity index (χ3v) is 5.13. The zero-order valence-electron chi connectivity index (χ0n) is 13.1. The van der Waals surface area contributed by atoms with Gasteiger partial charge in [0, 0.05) is 23.6 Å². The van der Waals surface area contributed by atoms with Crippen molar-refractivity contribution >= 4 is 51.3 Å². The standard InChI is InChI=1S/C17H11Cl2N3O3S/c18-13-6-5-10(8-14(13)19)7-11-9-20-17(26-11)21-16(23)12-3-1-2-4-15(12)22(24)25/h1-6,8-9H,7H2,(H,20,21,23). The molecule has 0 bridgehead atoms. The number of nitrogens with zero attached hydrogens (tertiary/aromatic N) is 2. The lowest BCUT2D eigenvalue weighted by atomic mass is 10.1. The minimum Gasteiger partial charge on any atom is -0.298 e. The van der Waals surface area contributed by atoms with Crippen molar-refractivity contribution in [2.75, 3.05) is 5.32 Å². The molecule has 3 aromatic rings. The van der Waals surface area contributed by atoms with E-state index in [2.05, 4.69) is 10.3 Å². The molecule has 1 amide bonds. The van der Waals surface area contributed by atoms with Gasteiger partial charge in [-0.25, -0.2) is 4.98 Å². The normalized spacial score (nSPS) is 10.5. The van der Waals surface area contributed by atoms with E-state index < -0.39 is 10.8 Å². The molecule has 1 heterocycles. The lowest BCUT2D eigenvalue weighted by Crippen LogP contribution is -2.13. The van der Waals surface area contributed by atoms with Gasteiger partial charge in [-0.05, 0) is 23.8 Å². The van der Waals surface area contributed by atoms with E-state index in [1.165, 1.54) is 29.5 Å². The molecule has 1 aromatic heterocycles. The van der Waals surface area contributed by atoms with Crippen LogP contribution in [0.4, 0.5) is 10.8 Å². The Balaban J connectivity index is 1.73. The second-order valence-electron chi connectivity index (χ2n) is 5.29. The van der Waals surface area contributed by atoms with E-state index in [0.29, 0.717) is 21.6 Å². The number of nitro groups is 1. The fraction of sp³-hybridized carbons (Fsp3) is 0.0588. The van der Waals surface area contributed by atoms with Crippen LogP contribution in [-0.4, -0.2) is 15.8 Å². The van der Waals surface area contributed by atoms with Crippen molar-refractivity contribution in [2.24, 2.45) is 0 Å². The number of carbonyl (C=O) groups is 1. The molecule has 0 saturated heterocycles. The summed E-state index contributed by atoms with van der Waals surface area (Å²) in [4.78, 5) is 27.8. The maximum atomic E-state index is 12.3. The predicted molar refractivity (Wildman–Crippen MR) is 102 cm³/mol. The van der Waals surface area contributed by atoms with Crippen molar-refractivity contribution in [3.8, 4) is 0 Å². The lowest BCUT2D eigenvalue weighted by molar-refractivity contribution is -0.385. The van der Waals surface area contributed by atoms with Gasteiger partial charge in [0.2, 0.25) is 0 Å². The molecule has 0 fully saturated rings. The molecule has 3 rings (SSSR count). The average molecular weight is 408 g/mol. The second-order valence-corrected chi connectivity index (χ2v) is 7.21. The molecule has 0 radical (unpaired) electrons. The van der Waals surface area contributed by atoms with Crippen molar-refractivity contribution < 1.29 is 9.72 Å². The summed E-state index contributed by atoms with van der Waals surface area (Å²) in [7, 11) is 0. The number of rotatable bonds is 5. The smallest absolute Gasteiger partial charge is 0.282 e. The Morgan fingerprint density at radius 2 is 1.96 bits per heavy atom. The number of nitro benzene ring substituents is 1.